The van der Waals surface area contributed by atoms with Crippen LogP contribution < -0.4 is 15.4 Å². The third-order valence-electron chi connectivity index (χ3n) is 6.12. The molecule has 36 heavy (non-hydrogen) atoms. The minimum absolute atomic E-state index is 0.0516. The molecule has 8 heteroatoms. The Labute approximate surface area is 210 Å². The summed E-state index contributed by atoms with van der Waals surface area (Å²) in [4.78, 5) is 30.8. The number of amides is 2. The standard InChI is InChI=1S/C28H29N5O3/c1-20(34)33-16-14-25(19-33)36-24-11-12-26(31-18-24)32-28(35)27(23-5-3-2-4-6-23)30-15-13-21-7-9-22(17-29)10-8-21/h2-12,18,25,27,30H,13-16,19H2,1H3,(H,31,32,35)/t25-,27?/m1/s1. The highest BCUT2D eigenvalue weighted by Gasteiger charge is 2.26. The fraction of sp³-hybridized carbons (Fsp3) is 0.286. The van der Waals surface area contributed by atoms with Gasteiger partial charge in [-0.3, -0.25) is 9.59 Å². The van der Waals surface area contributed by atoms with Crippen molar-refractivity contribution in [2.45, 2.75) is 31.9 Å². The summed E-state index contributed by atoms with van der Waals surface area (Å²) in [6, 6.07) is 22.0. The SMILES string of the molecule is CC(=O)N1CC[C@@H](Oc2ccc(NC(=O)C(NCCc3ccc(C#N)cc3)c3ccccc3)nc2)C1. The van der Waals surface area contributed by atoms with Gasteiger partial charge in [0.25, 0.3) is 0 Å². The Balaban J connectivity index is 1.35. The molecule has 1 fully saturated rings. The number of likely N-dealkylation sites (tertiary alicyclic amines) is 1. The molecule has 2 amide bonds. The predicted molar refractivity (Wildman–Crippen MR) is 136 cm³/mol. The average molecular weight is 484 g/mol. The lowest BCUT2D eigenvalue weighted by Crippen LogP contribution is -2.34. The molecule has 0 aliphatic carbocycles. The van der Waals surface area contributed by atoms with Gasteiger partial charge in [0, 0.05) is 26.4 Å². The van der Waals surface area contributed by atoms with Crippen LogP contribution in [0, 0.1) is 11.3 Å². The van der Waals surface area contributed by atoms with E-state index >= 15 is 0 Å². The number of anilines is 1. The Morgan fingerprint density at radius 2 is 1.92 bits per heavy atom. The van der Waals surface area contributed by atoms with Gasteiger partial charge in [-0.2, -0.15) is 5.26 Å². The summed E-state index contributed by atoms with van der Waals surface area (Å²) in [7, 11) is 0. The number of aromatic nitrogens is 1. The van der Waals surface area contributed by atoms with E-state index in [9.17, 15) is 9.59 Å². The van der Waals surface area contributed by atoms with Crippen molar-refractivity contribution in [3.8, 4) is 11.8 Å². The van der Waals surface area contributed by atoms with Gasteiger partial charge in [-0.1, -0.05) is 42.5 Å². The number of benzene rings is 2. The van der Waals surface area contributed by atoms with E-state index in [2.05, 4.69) is 21.7 Å². The third-order valence-corrected chi connectivity index (χ3v) is 6.12. The van der Waals surface area contributed by atoms with Crippen LogP contribution in [0.4, 0.5) is 5.82 Å². The zero-order valence-corrected chi connectivity index (χ0v) is 20.2. The van der Waals surface area contributed by atoms with E-state index in [0.717, 1.165) is 24.0 Å². The van der Waals surface area contributed by atoms with Crippen LogP contribution in [0.2, 0.25) is 0 Å². The van der Waals surface area contributed by atoms with Crippen molar-refractivity contribution in [1.29, 1.82) is 5.26 Å². The van der Waals surface area contributed by atoms with Gasteiger partial charge < -0.3 is 20.3 Å². The molecule has 1 saturated heterocycles. The quantitative estimate of drug-likeness (QED) is 0.483. The van der Waals surface area contributed by atoms with E-state index in [-0.39, 0.29) is 17.9 Å². The number of ether oxygens (including phenoxy) is 1. The molecule has 0 radical (unpaired) electrons. The number of nitriles is 1. The molecule has 2 atom stereocenters. The first-order valence-corrected chi connectivity index (χ1v) is 12.0. The van der Waals surface area contributed by atoms with Gasteiger partial charge in [-0.15, -0.1) is 0 Å². The Kier molecular flexibility index (Phi) is 8.27. The molecular weight excluding hydrogens is 454 g/mol. The maximum absolute atomic E-state index is 13.2. The normalized spacial score (nSPS) is 15.7. The van der Waals surface area contributed by atoms with Crippen molar-refractivity contribution in [3.05, 3.63) is 89.6 Å². The minimum atomic E-state index is -0.557. The lowest BCUT2D eigenvalue weighted by molar-refractivity contribution is -0.128. The zero-order valence-electron chi connectivity index (χ0n) is 20.2. The van der Waals surface area contributed by atoms with Gasteiger partial charge >= 0.3 is 0 Å². The Morgan fingerprint density at radius 3 is 2.56 bits per heavy atom. The van der Waals surface area contributed by atoms with Crippen LogP contribution in [0.3, 0.4) is 0 Å². The number of hydrogen-bond acceptors (Lipinski definition) is 6. The number of rotatable bonds is 9. The van der Waals surface area contributed by atoms with Crippen molar-refractivity contribution in [1.82, 2.24) is 15.2 Å². The first kappa shape index (κ1) is 24.9. The smallest absolute Gasteiger partial charge is 0.247 e. The Morgan fingerprint density at radius 1 is 1.14 bits per heavy atom. The topological polar surface area (TPSA) is 107 Å². The van der Waals surface area contributed by atoms with E-state index in [4.69, 9.17) is 10.00 Å². The summed E-state index contributed by atoms with van der Waals surface area (Å²) in [5, 5.41) is 15.2. The van der Waals surface area contributed by atoms with E-state index in [1.165, 1.54) is 0 Å². The van der Waals surface area contributed by atoms with E-state index in [1.807, 2.05) is 42.5 Å². The first-order valence-electron chi connectivity index (χ1n) is 12.0. The average Bonchev–Trinajstić information content (AvgIpc) is 3.37. The van der Waals surface area contributed by atoms with Crippen molar-refractivity contribution in [3.63, 3.8) is 0 Å². The number of pyridine rings is 1. The molecule has 3 aromatic rings. The summed E-state index contributed by atoms with van der Waals surface area (Å²) < 4.78 is 5.94. The van der Waals surface area contributed by atoms with Gasteiger partial charge in [0.2, 0.25) is 11.8 Å². The molecule has 1 unspecified atom stereocenters. The lowest BCUT2D eigenvalue weighted by Gasteiger charge is -2.19. The summed E-state index contributed by atoms with van der Waals surface area (Å²) >= 11 is 0. The van der Waals surface area contributed by atoms with E-state index < -0.39 is 6.04 Å². The third kappa shape index (κ3) is 6.68. The minimum Gasteiger partial charge on any atom is -0.487 e. The summed E-state index contributed by atoms with van der Waals surface area (Å²) in [6.07, 6.45) is 3.03. The maximum atomic E-state index is 13.2. The van der Waals surface area contributed by atoms with Crippen molar-refractivity contribution >= 4 is 17.6 Å². The second-order valence-electron chi connectivity index (χ2n) is 8.72. The number of nitrogens with zero attached hydrogens (tertiary/aromatic N) is 3. The molecule has 4 rings (SSSR count). The van der Waals surface area contributed by atoms with Gasteiger partial charge in [0.1, 0.15) is 23.7 Å². The van der Waals surface area contributed by atoms with Crippen LogP contribution in [0.5, 0.6) is 5.75 Å². The fourth-order valence-corrected chi connectivity index (χ4v) is 4.14. The Hall–Kier alpha value is -4.22. The number of carbonyl (C=O) groups is 2. The highest BCUT2D eigenvalue weighted by Crippen LogP contribution is 2.20. The molecule has 1 aliphatic heterocycles. The molecule has 0 bridgehead atoms. The van der Waals surface area contributed by atoms with E-state index in [0.29, 0.717) is 36.8 Å². The largest absolute Gasteiger partial charge is 0.487 e. The van der Waals surface area contributed by atoms with Gasteiger partial charge in [-0.05, 0) is 41.8 Å². The lowest BCUT2D eigenvalue weighted by atomic mass is 10.1. The highest BCUT2D eigenvalue weighted by atomic mass is 16.5. The monoisotopic (exact) mass is 483 g/mol. The molecule has 2 N–H and O–H groups in total. The zero-order chi connectivity index (χ0) is 25.3. The molecule has 0 saturated carbocycles. The number of hydrogen-bond donors (Lipinski definition) is 2. The van der Waals surface area contributed by atoms with Crippen LogP contribution in [0.1, 0.15) is 36.1 Å². The Bertz CT molecular complexity index is 1210. The van der Waals surface area contributed by atoms with E-state index in [1.54, 1.807) is 42.3 Å². The van der Waals surface area contributed by atoms with Crippen LogP contribution in [0.15, 0.2) is 72.9 Å². The molecule has 2 heterocycles. The summed E-state index contributed by atoms with van der Waals surface area (Å²) in [5.74, 6) is 0.869. The number of carbonyl (C=O) groups excluding carboxylic acids is 2. The second-order valence-corrected chi connectivity index (χ2v) is 8.72. The number of nitrogens with one attached hydrogen (secondary N) is 2. The molecule has 1 aliphatic rings. The summed E-state index contributed by atoms with van der Waals surface area (Å²) in [5.41, 5.74) is 2.56. The van der Waals surface area contributed by atoms with Gasteiger partial charge in [0.15, 0.2) is 0 Å². The van der Waals surface area contributed by atoms with Gasteiger partial charge in [0.05, 0.1) is 24.4 Å². The van der Waals surface area contributed by atoms with Crippen LogP contribution in [-0.4, -0.2) is 47.4 Å². The molecule has 184 valence electrons. The molecule has 1 aromatic heterocycles. The summed E-state index contributed by atoms with van der Waals surface area (Å²) in [6.45, 7) is 3.41. The second kappa shape index (κ2) is 12.0. The highest BCUT2D eigenvalue weighted by molar-refractivity contribution is 5.94. The fourth-order valence-electron chi connectivity index (χ4n) is 4.14. The van der Waals surface area contributed by atoms with Gasteiger partial charge in [-0.25, -0.2) is 4.98 Å². The first-order chi connectivity index (χ1) is 17.5. The van der Waals surface area contributed by atoms with Crippen molar-refractivity contribution < 1.29 is 14.3 Å². The predicted octanol–water partition coefficient (Wildman–Crippen LogP) is 3.46. The van der Waals surface area contributed by atoms with Crippen LogP contribution >= 0.6 is 0 Å². The molecular formula is C28H29N5O3. The molecule has 0 spiro atoms. The molecule has 2 aromatic carbocycles. The maximum Gasteiger partial charge on any atom is 0.247 e. The van der Waals surface area contributed by atoms with Crippen LogP contribution in [-0.2, 0) is 16.0 Å². The van der Waals surface area contributed by atoms with Crippen molar-refractivity contribution in [2.24, 2.45) is 0 Å². The molecule has 8 nitrogen and oxygen atoms in total. The van der Waals surface area contributed by atoms with Crippen LogP contribution in [0.25, 0.3) is 0 Å². The van der Waals surface area contributed by atoms with Crippen molar-refractivity contribution in [2.75, 3.05) is 25.0 Å².